The van der Waals surface area contributed by atoms with Crippen molar-refractivity contribution in [2.24, 2.45) is 5.92 Å². The number of aromatic nitrogens is 2. The van der Waals surface area contributed by atoms with E-state index in [0.29, 0.717) is 12.4 Å². The van der Waals surface area contributed by atoms with E-state index in [1.807, 2.05) is 55.5 Å². The maximum atomic E-state index is 12.5. The third-order valence-electron chi connectivity index (χ3n) is 4.49. The molecule has 1 saturated heterocycles. The van der Waals surface area contributed by atoms with E-state index >= 15 is 0 Å². The van der Waals surface area contributed by atoms with E-state index in [1.165, 1.54) is 0 Å². The normalized spacial score (nSPS) is 17.2. The highest BCUT2D eigenvalue weighted by Gasteiger charge is 2.36. The highest BCUT2D eigenvalue weighted by Crippen LogP contribution is 2.30. The van der Waals surface area contributed by atoms with Crippen LogP contribution in [0.4, 0.5) is 11.5 Å². The SMILES string of the molecule is Cc1cccc(NC(=O)[C@H]2CC(=O)N(c3n[nH]c4ccccc34)C2)c1. The molecule has 1 aliphatic rings. The predicted molar refractivity (Wildman–Crippen MR) is 96.4 cm³/mol. The van der Waals surface area contributed by atoms with Crippen LogP contribution >= 0.6 is 0 Å². The van der Waals surface area contributed by atoms with Crippen molar-refractivity contribution in [3.05, 3.63) is 54.1 Å². The van der Waals surface area contributed by atoms with Gasteiger partial charge in [-0.1, -0.05) is 24.3 Å². The Balaban J connectivity index is 1.53. The van der Waals surface area contributed by atoms with Gasteiger partial charge in [0.25, 0.3) is 0 Å². The van der Waals surface area contributed by atoms with Gasteiger partial charge in [-0.05, 0) is 36.8 Å². The van der Waals surface area contributed by atoms with Crippen LogP contribution in [-0.4, -0.2) is 28.6 Å². The lowest BCUT2D eigenvalue weighted by atomic mass is 10.1. The molecule has 2 N–H and O–H groups in total. The molecule has 1 aliphatic heterocycles. The zero-order valence-electron chi connectivity index (χ0n) is 13.8. The molecular weight excluding hydrogens is 316 g/mol. The topological polar surface area (TPSA) is 78.1 Å². The minimum Gasteiger partial charge on any atom is -0.326 e. The molecule has 0 aliphatic carbocycles. The highest BCUT2D eigenvalue weighted by molar-refractivity contribution is 6.06. The average Bonchev–Trinajstić information content (AvgIpc) is 3.18. The van der Waals surface area contributed by atoms with E-state index in [1.54, 1.807) is 4.90 Å². The summed E-state index contributed by atoms with van der Waals surface area (Å²) in [4.78, 5) is 26.6. The molecule has 0 unspecified atom stereocenters. The highest BCUT2D eigenvalue weighted by atomic mass is 16.2. The van der Waals surface area contributed by atoms with Gasteiger partial charge in [0.15, 0.2) is 5.82 Å². The van der Waals surface area contributed by atoms with Crippen molar-refractivity contribution in [1.82, 2.24) is 10.2 Å². The number of carbonyl (C=O) groups is 2. The molecule has 2 amide bonds. The molecule has 0 radical (unpaired) electrons. The number of nitrogens with one attached hydrogen (secondary N) is 2. The summed E-state index contributed by atoms with van der Waals surface area (Å²) >= 11 is 0. The van der Waals surface area contributed by atoms with Crippen LogP contribution < -0.4 is 10.2 Å². The maximum Gasteiger partial charge on any atom is 0.229 e. The zero-order valence-corrected chi connectivity index (χ0v) is 13.8. The Labute approximate surface area is 144 Å². The lowest BCUT2D eigenvalue weighted by Gasteiger charge is -2.14. The van der Waals surface area contributed by atoms with Crippen LogP contribution in [0.1, 0.15) is 12.0 Å². The first-order valence-electron chi connectivity index (χ1n) is 8.23. The molecule has 3 aromatic rings. The summed E-state index contributed by atoms with van der Waals surface area (Å²) < 4.78 is 0. The van der Waals surface area contributed by atoms with Gasteiger partial charge in [0.2, 0.25) is 11.8 Å². The van der Waals surface area contributed by atoms with Gasteiger partial charge in [-0.2, -0.15) is 5.10 Å². The fourth-order valence-corrected chi connectivity index (χ4v) is 3.21. The van der Waals surface area contributed by atoms with Crippen molar-refractivity contribution in [2.45, 2.75) is 13.3 Å². The molecule has 25 heavy (non-hydrogen) atoms. The minimum absolute atomic E-state index is 0.0818. The second kappa shape index (κ2) is 6.05. The average molecular weight is 334 g/mol. The number of fused-ring (bicyclic) bond motifs is 1. The third-order valence-corrected chi connectivity index (χ3v) is 4.49. The van der Waals surface area contributed by atoms with Gasteiger partial charge in [-0.25, -0.2) is 0 Å². The van der Waals surface area contributed by atoms with E-state index in [-0.39, 0.29) is 24.2 Å². The molecule has 126 valence electrons. The van der Waals surface area contributed by atoms with Gasteiger partial charge < -0.3 is 5.32 Å². The third kappa shape index (κ3) is 2.87. The first-order chi connectivity index (χ1) is 12.1. The number of aryl methyl sites for hydroxylation is 1. The predicted octanol–water partition coefficient (Wildman–Crippen LogP) is 2.86. The number of rotatable bonds is 3. The number of anilines is 2. The van der Waals surface area contributed by atoms with Crippen molar-refractivity contribution < 1.29 is 9.59 Å². The molecule has 0 spiro atoms. The Bertz CT molecular complexity index is 963. The van der Waals surface area contributed by atoms with Crippen molar-refractivity contribution in [3.8, 4) is 0 Å². The summed E-state index contributed by atoms with van der Waals surface area (Å²) in [6.07, 6.45) is 0.193. The van der Waals surface area contributed by atoms with Crippen LogP contribution in [-0.2, 0) is 9.59 Å². The summed E-state index contributed by atoms with van der Waals surface area (Å²) in [6, 6.07) is 15.3. The van der Waals surface area contributed by atoms with Gasteiger partial charge in [-0.3, -0.25) is 19.6 Å². The Morgan fingerprint density at radius 1 is 1.24 bits per heavy atom. The smallest absolute Gasteiger partial charge is 0.229 e. The number of hydrogen-bond donors (Lipinski definition) is 2. The summed E-state index contributed by atoms with van der Waals surface area (Å²) in [5, 5.41) is 11.0. The summed E-state index contributed by atoms with van der Waals surface area (Å²) in [5.74, 6) is -0.0159. The fraction of sp³-hybridized carbons (Fsp3) is 0.211. The molecule has 0 saturated carbocycles. The van der Waals surface area contributed by atoms with Crippen molar-refractivity contribution in [3.63, 3.8) is 0 Å². The molecule has 2 heterocycles. The van der Waals surface area contributed by atoms with Gasteiger partial charge in [0, 0.05) is 24.0 Å². The van der Waals surface area contributed by atoms with E-state index in [2.05, 4.69) is 15.5 Å². The molecule has 1 aromatic heterocycles. The standard InChI is InChI=1S/C19H18N4O2/c1-12-5-4-6-14(9-12)20-19(25)13-10-17(24)23(11-13)18-15-7-2-3-8-16(15)21-22-18/h2-9,13H,10-11H2,1H3,(H,20,25)(H,21,22)/t13-/m0/s1. The molecule has 1 fully saturated rings. The molecule has 0 bridgehead atoms. The molecule has 6 nitrogen and oxygen atoms in total. The largest absolute Gasteiger partial charge is 0.326 e. The number of hydrogen-bond acceptors (Lipinski definition) is 3. The van der Waals surface area contributed by atoms with Crippen LogP contribution in [0.3, 0.4) is 0 Å². The quantitative estimate of drug-likeness (QED) is 0.773. The summed E-state index contributed by atoms with van der Waals surface area (Å²) in [6.45, 7) is 2.31. The van der Waals surface area contributed by atoms with Gasteiger partial charge >= 0.3 is 0 Å². The Hall–Kier alpha value is -3.15. The first-order valence-corrected chi connectivity index (χ1v) is 8.23. The van der Waals surface area contributed by atoms with E-state index in [0.717, 1.165) is 22.2 Å². The van der Waals surface area contributed by atoms with Crippen molar-refractivity contribution >= 4 is 34.2 Å². The Kier molecular flexibility index (Phi) is 3.72. The fourth-order valence-electron chi connectivity index (χ4n) is 3.21. The van der Waals surface area contributed by atoms with Crippen LogP contribution in [0.2, 0.25) is 0 Å². The van der Waals surface area contributed by atoms with Crippen LogP contribution in [0.15, 0.2) is 48.5 Å². The van der Waals surface area contributed by atoms with Crippen molar-refractivity contribution in [1.29, 1.82) is 0 Å². The molecule has 1 atom stereocenters. The van der Waals surface area contributed by atoms with Crippen LogP contribution in [0.5, 0.6) is 0 Å². The molecule has 6 heteroatoms. The number of benzene rings is 2. The van der Waals surface area contributed by atoms with E-state index in [4.69, 9.17) is 0 Å². The molecule has 4 rings (SSSR count). The molecule has 2 aromatic carbocycles. The Morgan fingerprint density at radius 2 is 2.08 bits per heavy atom. The first kappa shape index (κ1) is 15.4. The zero-order chi connectivity index (χ0) is 17.4. The number of aromatic amines is 1. The van der Waals surface area contributed by atoms with Crippen LogP contribution in [0.25, 0.3) is 10.9 Å². The second-order valence-electron chi connectivity index (χ2n) is 6.36. The van der Waals surface area contributed by atoms with Gasteiger partial charge in [-0.15, -0.1) is 0 Å². The Morgan fingerprint density at radius 3 is 2.92 bits per heavy atom. The number of carbonyl (C=O) groups excluding carboxylic acids is 2. The number of nitrogens with zero attached hydrogens (tertiary/aromatic N) is 2. The van der Waals surface area contributed by atoms with Gasteiger partial charge in [0.1, 0.15) is 0 Å². The molecular formula is C19H18N4O2. The lowest BCUT2D eigenvalue weighted by molar-refractivity contribution is -0.122. The van der Waals surface area contributed by atoms with Gasteiger partial charge in [0.05, 0.1) is 11.4 Å². The summed E-state index contributed by atoms with van der Waals surface area (Å²) in [5.41, 5.74) is 2.70. The van der Waals surface area contributed by atoms with Crippen LogP contribution in [0, 0.1) is 12.8 Å². The summed E-state index contributed by atoms with van der Waals surface area (Å²) in [7, 11) is 0. The maximum absolute atomic E-state index is 12.5. The minimum atomic E-state index is -0.386. The van der Waals surface area contributed by atoms with E-state index < -0.39 is 0 Å². The second-order valence-corrected chi connectivity index (χ2v) is 6.36. The van der Waals surface area contributed by atoms with Crippen molar-refractivity contribution in [2.75, 3.05) is 16.8 Å². The monoisotopic (exact) mass is 334 g/mol. The lowest BCUT2D eigenvalue weighted by Crippen LogP contribution is -2.28. The number of H-pyrrole nitrogens is 1. The number of para-hydroxylation sites is 1. The number of amides is 2. The van der Waals surface area contributed by atoms with E-state index in [9.17, 15) is 9.59 Å².